The van der Waals surface area contributed by atoms with Crippen LogP contribution in [0.4, 0.5) is 5.82 Å². The van der Waals surface area contributed by atoms with Crippen LogP contribution >= 0.6 is 11.6 Å². The molecule has 0 saturated carbocycles. The Kier molecular flexibility index (Phi) is 3.05. The van der Waals surface area contributed by atoms with Gasteiger partial charge in [-0.3, -0.25) is 0 Å². The molecule has 1 rings (SSSR count). The lowest BCUT2D eigenvalue weighted by Gasteiger charge is -2.01. The standard InChI is InChI=1S/C8H10ClN3/c1-2-3-7-11-5-6(4-9)8(10)12-7/h2,5H,1,3-4H2,(H2,10,11,12). The van der Waals surface area contributed by atoms with Gasteiger partial charge in [0.15, 0.2) is 0 Å². The predicted octanol–water partition coefficient (Wildman–Crippen LogP) is 1.53. The van der Waals surface area contributed by atoms with E-state index in [0.29, 0.717) is 23.9 Å². The average Bonchev–Trinajstić information content (AvgIpc) is 2.05. The third kappa shape index (κ3) is 1.95. The Morgan fingerprint density at radius 3 is 2.92 bits per heavy atom. The zero-order valence-corrected chi connectivity index (χ0v) is 7.38. The molecule has 12 heavy (non-hydrogen) atoms. The van der Waals surface area contributed by atoms with E-state index in [1.165, 1.54) is 0 Å². The van der Waals surface area contributed by atoms with Gasteiger partial charge in [0.1, 0.15) is 11.6 Å². The van der Waals surface area contributed by atoms with Crippen LogP contribution in [0.3, 0.4) is 0 Å². The molecular formula is C8H10ClN3. The number of hydrogen-bond donors (Lipinski definition) is 1. The smallest absolute Gasteiger partial charge is 0.134 e. The van der Waals surface area contributed by atoms with E-state index in [-0.39, 0.29) is 0 Å². The van der Waals surface area contributed by atoms with Gasteiger partial charge in [-0.25, -0.2) is 9.97 Å². The van der Waals surface area contributed by atoms with Crippen molar-refractivity contribution >= 4 is 17.4 Å². The second-order valence-electron chi connectivity index (χ2n) is 2.32. The summed E-state index contributed by atoms with van der Waals surface area (Å²) in [6.07, 6.45) is 4.01. The van der Waals surface area contributed by atoms with Crippen LogP contribution in [0, 0.1) is 0 Å². The Balaban J connectivity index is 2.93. The molecule has 3 nitrogen and oxygen atoms in total. The fourth-order valence-corrected chi connectivity index (χ4v) is 0.995. The Morgan fingerprint density at radius 2 is 2.42 bits per heavy atom. The number of halogens is 1. The van der Waals surface area contributed by atoms with Crippen LogP contribution in [0.15, 0.2) is 18.9 Å². The minimum absolute atomic E-state index is 0.347. The van der Waals surface area contributed by atoms with Crippen LogP contribution in [0.2, 0.25) is 0 Å². The molecule has 0 saturated heterocycles. The molecule has 1 heterocycles. The fourth-order valence-electron chi connectivity index (χ4n) is 0.789. The first-order valence-corrected chi connectivity index (χ1v) is 4.08. The zero-order chi connectivity index (χ0) is 8.97. The van der Waals surface area contributed by atoms with Gasteiger partial charge in [-0.15, -0.1) is 18.2 Å². The molecule has 0 atom stereocenters. The summed E-state index contributed by atoms with van der Waals surface area (Å²) in [7, 11) is 0. The molecule has 0 aromatic carbocycles. The van der Waals surface area contributed by atoms with Crippen molar-refractivity contribution in [2.24, 2.45) is 0 Å². The highest BCUT2D eigenvalue weighted by atomic mass is 35.5. The first-order valence-electron chi connectivity index (χ1n) is 3.55. The van der Waals surface area contributed by atoms with Gasteiger partial charge in [0.2, 0.25) is 0 Å². The van der Waals surface area contributed by atoms with Gasteiger partial charge in [-0.1, -0.05) is 6.08 Å². The quantitative estimate of drug-likeness (QED) is 0.571. The molecule has 0 unspecified atom stereocenters. The van der Waals surface area contributed by atoms with Gasteiger partial charge in [-0.2, -0.15) is 0 Å². The van der Waals surface area contributed by atoms with Gasteiger partial charge in [0, 0.05) is 18.2 Å². The van der Waals surface area contributed by atoms with E-state index in [4.69, 9.17) is 17.3 Å². The third-order valence-electron chi connectivity index (χ3n) is 1.42. The molecule has 64 valence electrons. The molecule has 0 aliphatic heterocycles. The van der Waals surface area contributed by atoms with Crippen LogP contribution < -0.4 is 5.73 Å². The highest BCUT2D eigenvalue weighted by Crippen LogP contribution is 2.09. The van der Waals surface area contributed by atoms with E-state index >= 15 is 0 Å². The van der Waals surface area contributed by atoms with Crippen LogP contribution in [0.5, 0.6) is 0 Å². The number of allylic oxidation sites excluding steroid dienone is 1. The largest absolute Gasteiger partial charge is 0.383 e. The maximum absolute atomic E-state index is 5.59. The van der Waals surface area contributed by atoms with Crippen molar-refractivity contribution in [2.75, 3.05) is 5.73 Å². The summed E-state index contributed by atoms with van der Waals surface area (Å²) in [5.74, 6) is 1.48. The lowest BCUT2D eigenvalue weighted by atomic mass is 10.3. The van der Waals surface area contributed by atoms with Gasteiger partial charge in [0.05, 0.1) is 5.88 Å². The molecule has 0 bridgehead atoms. The molecule has 2 N–H and O–H groups in total. The SMILES string of the molecule is C=CCc1ncc(CCl)c(N)n1. The molecule has 4 heteroatoms. The average molecular weight is 184 g/mol. The van der Waals surface area contributed by atoms with E-state index in [1.807, 2.05) is 0 Å². The summed E-state index contributed by atoms with van der Waals surface area (Å²) in [4.78, 5) is 8.10. The van der Waals surface area contributed by atoms with Crippen molar-refractivity contribution in [3.8, 4) is 0 Å². The normalized spacial score (nSPS) is 9.75. The van der Waals surface area contributed by atoms with Crippen LogP contribution in [-0.4, -0.2) is 9.97 Å². The maximum atomic E-state index is 5.59. The molecule has 0 amide bonds. The molecule has 1 aromatic heterocycles. The highest BCUT2D eigenvalue weighted by molar-refractivity contribution is 6.17. The van der Waals surface area contributed by atoms with E-state index < -0.39 is 0 Å². The number of hydrogen-bond acceptors (Lipinski definition) is 3. The summed E-state index contributed by atoms with van der Waals surface area (Å²) in [5, 5.41) is 0. The van der Waals surface area contributed by atoms with E-state index in [9.17, 15) is 0 Å². The third-order valence-corrected chi connectivity index (χ3v) is 1.71. The Morgan fingerprint density at radius 1 is 1.67 bits per heavy atom. The van der Waals surface area contributed by atoms with Gasteiger partial charge >= 0.3 is 0 Å². The van der Waals surface area contributed by atoms with Crippen LogP contribution in [0.1, 0.15) is 11.4 Å². The minimum atomic E-state index is 0.347. The first-order chi connectivity index (χ1) is 5.77. The van der Waals surface area contributed by atoms with Crippen molar-refractivity contribution < 1.29 is 0 Å². The van der Waals surface area contributed by atoms with Gasteiger partial charge in [0.25, 0.3) is 0 Å². The number of nitrogens with two attached hydrogens (primary N) is 1. The number of anilines is 1. The van der Waals surface area contributed by atoms with Crippen LogP contribution in [-0.2, 0) is 12.3 Å². The van der Waals surface area contributed by atoms with E-state index in [2.05, 4.69) is 16.5 Å². The summed E-state index contributed by atoms with van der Waals surface area (Å²) in [6.45, 7) is 3.58. The number of alkyl halides is 1. The zero-order valence-electron chi connectivity index (χ0n) is 6.63. The minimum Gasteiger partial charge on any atom is -0.383 e. The topological polar surface area (TPSA) is 51.8 Å². The summed E-state index contributed by atoms with van der Waals surface area (Å²) < 4.78 is 0. The predicted molar refractivity (Wildman–Crippen MR) is 49.9 cm³/mol. The van der Waals surface area contributed by atoms with Crippen molar-refractivity contribution in [1.82, 2.24) is 9.97 Å². The van der Waals surface area contributed by atoms with Crippen molar-refractivity contribution in [3.05, 3.63) is 30.2 Å². The number of aromatic nitrogens is 2. The molecular weight excluding hydrogens is 174 g/mol. The Hall–Kier alpha value is -1.09. The van der Waals surface area contributed by atoms with E-state index in [0.717, 1.165) is 5.56 Å². The lowest BCUT2D eigenvalue weighted by Crippen LogP contribution is -2.01. The van der Waals surface area contributed by atoms with Gasteiger partial charge < -0.3 is 5.73 Å². The first kappa shape index (κ1) is 9.00. The van der Waals surface area contributed by atoms with Crippen molar-refractivity contribution in [3.63, 3.8) is 0 Å². The van der Waals surface area contributed by atoms with E-state index in [1.54, 1.807) is 12.3 Å². The number of nitrogen functional groups attached to an aromatic ring is 1. The van der Waals surface area contributed by atoms with Crippen molar-refractivity contribution in [1.29, 1.82) is 0 Å². The number of rotatable bonds is 3. The molecule has 0 radical (unpaired) electrons. The Bertz CT molecular complexity index is 286. The highest BCUT2D eigenvalue weighted by Gasteiger charge is 2.00. The van der Waals surface area contributed by atoms with Gasteiger partial charge in [-0.05, 0) is 0 Å². The maximum Gasteiger partial charge on any atom is 0.134 e. The molecule has 0 aliphatic carbocycles. The second-order valence-corrected chi connectivity index (χ2v) is 2.59. The summed E-state index contributed by atoms with van der Waals surface area (Å²) in [5.41, 5.74) is 6.36. The molecule has 0 fully saturated rings. The monoisotopic (exact) mass is 183 g/mol. The fraction of sp³-hybridized carbons (Fsp3) is 0.250. The summed E-state index contributed by atoms with van der Waals surface area (Å²) >= 11 is 5.58. The lowest BCUT2D eigenvalue weighted by molar-refractivity contribution is 0.980. The Labute approximate surface area is 76.3 Å². The number of nitrogens with zero attached hydrogens (tertiary/aromatic N) is 2. The summed E-state index contributed by atoms with van der Waals surface area (Å²) in [6, 6.07) is 0. The second kappa shape index (κ2) is 4.07. The van der Waals surface area contributed by atoms with Crippen molar-refractivity contribution in [2.45, 2.75) is 12.3 Å². The molecule has 0 spiro atoms. The van der Waals surface area contributed by atoms with Crippen LogP contribution in [0.25, 0.3) is 0 Å². The molecule has 0 aliphatic rings. The molecule has 1 aromatic rings.